The van der Waals surface area contributed by atoms with Crippen molar-refractivity contribution in [2.75, 3.05) is 12.8 Å². The van der Waals surface area contributed by atoms with Crippen LogP contribution in [0, 0.1) is 0 Å². The lowest BCUT2D eigenvalue weighted by Crippen LogP contribution is -2.20. The molecule has 1 aliphatic rings. The number of rotatable bonds is 5. The summed E-state index contributed by atoms with van der Waals surface area (Å²) in [4.78, 5) is 0. The van der Waals surface area contributed by atoms with Crippen LogP contribution in [-0.4, -0.2) is 18.1 Å². The minimum Gasteiger partial charge on any atom is -0.459 e. The van der Waals surface area contributed by atoms with Crippen LogP contribution >= 0.6 is 23.4 Å². The molecule has 1 aromatic carbocycles. The van der Waals surface area contributed by atoms with E-state index >= 15 is 0 Å². The van der Waals surface area contributed by atoms with E-state index in [0.29, 0.717) is 0 Å². The van der Waals surface area contributed by atoms with Gasteiger partial charge in [0.15, 0.2) is 0 Å². The Morgan fingerprint density at radius 1 is 1.29 bits per heavy atom. The maximum Gasteiger partial charge on any atom is 0.134 e. The molecule has 1 fully saturated rings. The molecule has 0 aliphatic heterocycles. The molecule has 0 spiro atoms. The van der Waals surface area contributed by atoms with Crippen LogP contribution in [0.4, 0.5) is 0 Å². The summed E-state index contributed by atoms with van der Waals surface area (Å²) in [5.41, 5.74) is 0.914. The molecule has 0 bridgehead atoms. The Bertz CT molecular complexity index is 591. The van der Waals surface area contributed by atoms with Gasteiger partial charge in [0.2, 0.25) is 0 Å². The molecule has 1 heterocycles. The summed E-state index contributed by atoms with van der Waals surface area (Å²) in [5.74, 6) is 2.08. The van der Waals surface area contributed by atoms with E-state index in [1.54, 1.807) is 0 Å². The second-order valence-corrected chi connectivity index (χ2v) is 7.54. The number of furan rings is 1. The Hall–Kier alpha value is -0.640. The molecule has 1 saturated carbocycles. The molecule has 0 amide bonds. The molecule has 0 radical (unpaired) electrons. The Morgan fingerprint density at radius 3 is 2.86 bits per heavy atom. The van der Waals surface area contributed by atoms with Crippen molar-refractivity contribution in [2.45, 2.75) is 43.4 Å². The summed E-state index contributed by atoms with van der Waals surface area (Å²) in [6.45, 7) is 0. The van der Waals surface area contributed by atoms with E-state index < -0.39 is 0 Å². The molecular weight excluding hydrogens is 302 g/mol. The zero-order valence-corrected chi connectivity index (χ0v) is 14.0. The smallest absolute Gasteiger partial charge is 0.134 e. The van der Waals surface area contributed by atoms with Crippen LogP contribution in [0.2, 0.25) is 5.02 Å². The van der Waals surface area contributed by atoms with Crippen molar-refractivity contribution in [1.29, 1.82) is 0 Å². The third-order valence-corrected chi connectivity index (χ3v) is 5.94. The van der Waals surface area contributed by atoms with Gasteiger partial charge >= 0.3 is 0 Å². The SMILES string of the molecule is CNC(CSC1CCCCC1)c1cc2cc(Cl)ccc2o1. The highest BCUT2D eigenvalue weighted by molar-refractivity contribution is 7.99. The van der Waals surface area contributed by atoms with Crippen molar-refractivity contribution in [3.8, 4) is 0 Å². The standard InChI is InChI=1S/C17H22ClNOS/c1-19-15(11-21-14-5-3-2-4-6-14)17-10-12-9-13(18)7-8-16(12)20-17/h7-10,14-15,19H,2-6,11H2,1H3. The number of thioether (sulfide) groups is 1. The highest BCUT2D eigenvalue weighted by Crippen LogP contribution is 2.33. The van der Waals surface area contributed by atoms with E-state index in [-0.39, 0.29) is 6.04 Å². The summed E-state index contributed by atoms with van der Waals surface area (Å²) >= 11 is 8.13. The minimum absolute atomic E-state index is 0.267. The second-order valence-electron chi connectivity index (χ2n) is 5.77. The van der Waals surface area contributed by atoms with Gasteiger partial charge in [-0.1, -0.05) is 30.9 Å². The Labute approximate surface area is 135 Å². The molecule has 2 nitrogen and oxygen atoms in total. The lowest BCUT2D eigenvalue weighted by Gasteiger charge is -2.23. The van der Waals surface area contributed by atoms with Crippen molar-refractivity contribution in [2.24, 2.45) is 0 Å². The van der Waals surface area contributed by atoms with E-state index in [0.717, 1.165) is 32.8 Å². The van der Waals surface area contributed by atoms with Gasteiger partial charge in [0.05, 0.1) is 6.04 Å². The predicted octanol–water partition coefficient (Wildman–Crippen LogP) is 5.41. The highest BCUT2D eigenvalue weighted by Gasteiger charge is 2.19. The highest BCUT2D eigenvalue weighted by atomic mass is 35.5. The third kappa shape index (κ3) is 3.77. The Kier molecular flexibility index (Phi) is 5.15. The summed E-state index contributed by atoms with van der Waals surface area (Å²) < 4.78 is 5.98. The first-order chi connectivity index (χ1) is 10.3. The van der Waals surface area contributed by atoms with E-state index in [9.17, 15) is 0 Å². The molecule has 4 heteroatoms. The number of hydrogen-bond acceptors (Lipinski definition) is 3. The van der Waals surface area contributed by atoms with Crippen LogP contribution in [0.15, 0.2) is 28.7 Å². The van der Waals surface area contributed by atoms with Crippen molar-refractivity contribution < 1.29 is 4.42 Å². The van der Waals surface area contributed by atoms with Crippen LogP contribution in [0.3, 0.4) is 0 Å². The fraction of sp³-hybridized carbons (Fsp3) is 0.529. The summed E-state index contributed by atoms with van der Waals surface area (Å²) in [6.07, 6.45) is 6.95. The lowest BCUT2D eigenvalue weighted by molar-refractivity contribution is 0.476. The van der Waals surface area contributed by atoms with Crippen LogP contribution in [-0.2, 0) is 0 Å². The van der Waals surface area contributed by atoms with E-state index in [1.165, 1.54) is 32.1 Å². The first-order valence-electron chi connectivity index (χ1n) is 7.74. The van der Waals surface area contributed by atoms with Crippen molar-refractivity contribution in [3.05, 3.63) is 35.0 Å². The second kappa shape index (κ2) is 7.08. The van der Waals surface area contributed by atoms with Crippen LogP contribution in [0.5, 0.6) is 0 Å². The zero-order valence-electron chi connectivity index (χ0n) is 12.4. The first kappa shape index (κ1) is 15.3. The molecule has 1 aliphatic carbocycles. The maximum absolute atomic E-state index is 6.04. The largest absolute Gasteiger partial charge is 0.459 e. The molecule has 1 unspecified atom stereocenters. The topological polar surface area (TPSA) is 25.2 Å². The molecule has 0 saturated heterocycles. The number of fused-ring (bicyclic) bond motifs is 1. The number of hydrogen-bond donors (Lipinski definition) is 1. The Morgan fingerprint density at radius 2 is 2.10 bits per heavy atom. The first-order valence-corrected chi connectivity index (χ1v) is 9.17. The van der Waals surface area contributed by atoms with Gasteiger partial charge in [0.25, 0.3) is 0 Å². The predicted molar refractivity (Wildman–Crippen MR) is 92.4 cm³/mol. The van der Waals surface area contributed by atoms with Gasteiger partial charge in [-0.05, 0) is 44.2 Å². The number of benzene rings is 1. The average molecular weight is 324 g/mol. The fourth-order valence-electron chi connectivity index (χ4n) is 2.98. The summed E-state index contributed by atoms with van der Waals surface area (Å²) in [5, 5.41) is 6.05. The van der Waals surface area contributed by atoms with Gasteiger partial charge in [0, 0.05) is 21.4 Å². The fourth-order valence-corrected chi connectivity index (χ4v) is 4.62. The summed E-state index contributed by atoms with van der Waals surface area (Å²) in [6, 6.07) is 8.17. The van der Waals surface area contributed by atoms with Crippen molar-refractivity contribution in [1.82, 2.24) is 5.32 Å². The van der Waals surface area contributed by atoms with Gasteiger partial charge in [-0.2, -0.15) is 11.8 Å². The van der Waals surface area contributed by atoms with Crippen molar-refractivity contribution in [3.63, 3.8) is 0 Å². The van der Waals surface area contributed by atoms with Gasteiger partial charge in [-0.15, -0.1) is 0 Å². The monoisotopic (exact) mass is 323 g/mol. The molecule has 1 atom stereocenters. The lowest BCUT2D eigenvalue weighted by atomic mass is 10.0. The van der Waals surface area contributed by atoms with Gasteiger partial charge in [-0.25, -0.2) is 0 Å². The minimum atomic E-state index is 0.267. The van der Waals surface area contributed by atoms with Gasteiger partial charge in [0.1, 0.15) is 11.3 Å². The maximum atomic E-state index is 6.04. The van der Waals surface area contributed by atoms with E-state index in [4.69, 9.17) is 16.0 Å². The molecule has 3 rings (SSSR count). The van der Waals surface area contributed by atoms with Crippen LogP contribution in [0.25, 0.3) is 11.0 Å². The number of nitrogens with one attached hydrogen (secondary N) is 1. The molecule has 1 N–H and O–H groups in total. The van der Waals surface area contributed by atoms with Gasteiger partial charge < -0.3 is 9.73 Å². The average Bonchev–Trinajstić information content (AvgIpc) is 2.92. The third-order valence-electron chi connectivity index (χ3n) is 4.24. The summed E-state index contributed by atoms with van der Waals surface area (Å²) in [7, 11) is 2.01. The normalized spacial score (nSPS) is 18.2. The van der Waals surface area contributed by atoms with E-state index in [1.807, 2.05) is 25.2 Å². The van der Waals surface area contributed by atoms with E-state index in [2.05, 4.69) is 23.1 Å². The zero-order chi connectivity index (χ0) is 14.7. The molecule has 1 aromatic heterocycles. The van der Waals surface area contributed by atoms with Crippen LogP contribution in [0.1, 0.15) is 43.9 Å². The quantitative estimate of drug-likeness (QED) is 0.796. The Balaban J connectivity index is 1.68. The molecule has 114 valence electrons. The van der Waals surface area contributed by atoms with Crippen molar-refractivity contribution >= 4 is 34.3 Å². The molecule has 21 heavy (non-hydrogen) atoms. The molecule has 2 aromatic rings. The number of halogens is 1. The molecular formula is C17H22ClNOS. The van der Waals surface area contributed by atoms with Crippen LogP contribution < -0.4 is 5.32 Å². The van der Waals surface area contributed by atoms with Gasteiger partial charge in [-0.3, -0.25) is 0 Å².